The van der Waals surface area contributed by atoms with Gasteiger partial charge in [-0.05, 0) is 63.2 Å². The number of hydrogen-bond acceptors (Lipinski definition) is 7. The summed E-state index contributed by atoms with van der Waals surface area (Å²) in [6, 6.07) is 9.55. The van der Waals surface area contributed by atoms with Gasteiger partial charge in [0.05, 0.1) is 24.4 Å². The first-order chi connectivity index (χ1) is 19.8. The van der Waals surface area contributed by atoms with Crippen LogP contribution in [0.2, 0.25) is 5.15 Å². The number of halogens is 4. The first-order valence-corrected chi connectivity index (χ1v) is 13.3. The lowest BCUT2D eigenvalue weighted by molar-refractivity contribution is -0.137. The molecule has 1 aliphatic rings. The fraction of sp³-hybridized carbons (Fsp3) is 0.321. The largest absolute Gasteiger partial charge is 0.444 e. The molecule has 1 N–H and O–H groups in total. The van der Waals surface area contributed by atoms with Crippen LogP contribution in [0.15, 0.2) is 54.9 Å². The highest BCUT2D eigenvalue weighted by Crippen LogP contribution is 2.34. The molecule has 5 rings (SSSR count). The van der Waals surface area contributed by atoms with Crippen LogP contribution in [-0.2, 0) is 15.7 Å². The summed E-state index contributed by atoms with van der Waals surface area (Å²) in [5.41, 5.74) is 0.186. The zero-order chi connectivity index (χ0) is 30.2. The van der Waals surface area contributed by atoms with E-state index in [9.17, 15) is 22.8 Å². The Balaban J connectivity index is 1.40. The second kappa shape index (κ2) is 11.2. The van der Waals surface area contributed by atoms with Crippen molar-refractivity contribution < 1.29 is 32.2 Å². The number of fused-ring (bicyclic) bond motifs is 1. The van der Waals surface area contributed by atoms with E-state index >= 15 is 0 Å². The molecule has 1 fully saturated rings. The van der Waals surface area contributed by atoms with Gasteiger partial charge in [-0.25, -0.2) is 19.4 Å². The van der Waals surface area contributed by atoms with Crippen LogP contribution >= 0.6 is 11.6 Å². The van der Waals surface area contributed by atoms with Crippen molar-refractivity contribution in [1.29, 1.82) is 0 Å². The second-order valence-corrected chi connectivity index (χ2v) is 10.9. The molecule has 4 heterocycles. The summed E-state index contributed by atoms with van der Waals surface area (Å²) < 4.78 is 52.1. The van der Waals surface area contributed by atoms with Crippen LogP contribution in [0, 0.1) is 0 Å². The molecule has 2 amide bonds. The predicted octanol–water partition coefficient (Wildman–Crippen LogP) is 6.05. The van der Waals surface area contributed by atoms with E-state index in [1.165, 1.54) is 12.1 Å². The Labute approximate surface area is 243 Å². The number of rotatable bonds is 4. The van der Waals surface area contributed by atoms with Crippen LogP contribution in [0.3, 0.4) is 0 Å². The molecule has 1 aliphatic heterocycles. The van der Waals surface area contributed by atoms with Crippen LogP contribution in [0.25, 0.3) is 16.6 Å². The number of aromatic nitrogens is 4. The van der Waals surface area contributed by atoms with Crippen molar-refractivity contribution in [3.05, 3.63) is 76.8 Å². The van der Waals surface area contributed by atoms with Gasteiger partial charge in [0.1, 0.15) is 28.7 Å². The average molecular weight is 603 g/mol. The van der Waals surface area contributed by atoms with Crippen LogP contribution < -0.4 is 5.32 Å². The van der Waals surface area contributed by atoms with Gasteiger partial charge >= 0.3 is 12.3 Å². The molecule has 0 bridgehead atoms. The number of amides is 2. The van der Waals surface area contributed by atoms with E-state index < -0.39 is 35.4 Å². The van der Waals surface area contributed by atoms with E-state index in [-0.39, 0.29) is 29.7 Å². The molecule has 0 saturated carbocycles. The number of carbonyl (C=O) groups excluding carboxylic acids is 2. The Hall–Kier alpha value is -4.23. The summed E-state index contributed by atoms with van der Waals surface area (Å²) in [6.45, 7) is 6.25. The molecule has 0 spiro atoms. The molecule has 10 nitrogen and oxygen atoms in total. The molecule has 4 aromatic rings. The van der Waals surface area contributed by atoms with Crippen molar-refractivity contribution >= 4 is 40.3 Å². The molecule has 1 unspecified atom stereocenters. The number of nitrogens with zero attached hydrogens (tertiary/aromatic N) is 5. The van der Waals surface area contributed by atoms with Gasteiger partial charge in [-0.1, -0.05) is 11.6 Å². The minimum atomic E-state index is -4.57. The Morgan fingerprint density at radius 3 is 2.48 bits per heavy atom. The van der Waals surface area contributed by atoms with Crippen LogP contribution in [-0.4, -0.2) is 61.9 Å². The van der Waals surface area contributed by atoms with Crippen molar-refractivity contribution in [1.82, 2.24) is 24.6 Å². The van der Waals surface area contributed by atoms with E-state index in [1.807, 2.05) is 0 Å². The molecule has 1 atom stereocenters. The molecular weight excluding hydrogens is 577 g/mol. The molecule has 1 aromatic carbocycles. The van der Waals surface area contributed by atoms with Gasteiger partial charge in [0.2, 0.25) is 0 Å². The molecule has 14 heteroatoms. The molecule has 1 saturated heterocycles. The van der Waals surface area contributed by atoms with E-state index in [0.717, 1.165) is 18.3 Å². The average Bonchev–Trinajstić information content (AvgIpc) is 3.33. The smallest absolute Gasteiger partial charge is 0.416 e. The maximum absolute atomic E-state index is 13.0. The fourth-order valence-corrected chi connectivity index (χ4v) is 4.64. The predicted molar refractivity (Wildman–Crippen MR) is 148 cm³/mol. The summed E-state index contributed by atoms with van der Waals surface area (Å²) >= 11 is 6.48. The molecular formula is C28H26ClF3N6O4. The highest BCUT2D eigenvalue weighted by atomic mass is 35.5. The second-order valence-electron chi connectivity index (χ2n) is 10.5. The minimum absolute atomic E-state index is 0.183. The number of pyridine rings is 2. The molecule has 42 heavy (non-hydrogen) atoms. The van der Waals surface area contributed by atoms with E-state index in [0.29, 0.717) is 28.8 Å². The lowest BCUT2D eigenvalue weighted by atomic mass is 10.1. The van der Waals surface area contributed by atoms with E-state index in [1.54, 1.807) is 54.7 Å². The SMILES string of the molecule is CC(C)(C)OC(=O)N1CCOC(c2nn(-c3ccc(C(=O)Nc4cc(C(F)(F)F)ccn4)cc3)c3c(Cl)nccc23)C1. The molecule has 0 radical (unpaired) electrons. The number of carbonyl (C=O) groups is 2. The lowest BCUT2D eigenvalue weighted by Gasteiger charge is -2.33. The monoisotopic (exact) mass is 602 g/mol. The van der Waals surface area contributed by atoms with E-state index in [4.69, 9.17) is 26.2 Å². The number of alkyl halides is 3. The van der Waals surface area contributed by atoms with Gasteiger partial charge in [0.15, 0.2) is 5.15 Å². The normalized spacial score (nSPS) is 16.0. The maximum Gasteiger partial charge on any atom is 0.416 e. The summed E-state index contributed by atoms with van der Waals surface area (Å²) in [5.74, 6) is -0.871. The highest BCUT2D eigenvalue weighted by Gasteiger charge is 2.33. The Morgan fingerprint density at radius 1 is 1.07 bits per heavy atom. The number of anilines is 1. The Morgan fingerprint density at radius 2 is 1.79 bits per heavy atom. The van der Waals surface area contributed by atoms with Crippen molar-refractivity contribution in [2.45, 2.75) is 38.7 Å². The van der Waals surface area contributed by atoms with Gasteiger partial charge in [-0.15, -0.1) is 0 Å². The third-order valence-corrected chi connectivity index (χ3v) is 6.58. The van der Waals surface area contributed by atoms with Gasteiger partial charge in [0.25, 0.3) is 5.91 Å². The van der Waals surface area contributed by atoms with Crippen LogP contribution in [0.1, 0.15) is 48.5 Å². The third-order valence-electron chi connectivity index (χ3n) is 6.30. The molecule has 0 aliphatic carbocycles. The molecule has 3 aromatic heterocycles. The number of benzene rings is 1. The summed E-state index contributed by atoms with van der Waals surface area (Å²) in [6.07, 6.45) is -3.07. The summed E-state index contributed by atoms with van der Waals surface area (Å²) in [4.78, 5) is 35.0. The molecule has 220 valence electrons. The highest BCUT2D eigenvalue weighted by molar-refractivity contribution is 6.34. The van der Waals surface area contributed by atoms with E-state index in [2.05, 4.69) is 15.3 Å². The van der Waals surface area contributed by atoms with Gasteiger partial charge in [-0.2, -0.15) is 18.3 Å². The number of ether oxygens (including phenoxy) is 2. The number of nitrogens with one attached hydrogen (secondary N) is 1. The first-order valence-electron chi connectivity index (χ1n) is 12.9. The van der Waals surface area contributed by atoms with Crippen molar-refractivity contribution in [2.24, 2.45) is 0 Å². The first kappa shape index (κ1) is 29.3. The quantitative estimate of drug-likeness (QED) is 0.283. The Kier molecular flexibility index (Phi) is 7.82. The Bertz CT molecular complexity index is 1640. The van der Waals surface area contributed by atoms with Crippen molar-refractivity contribution in [3.63, 3.8) is 0 Å². The zero-order valence-corrected chi connectivity index (χ0v) is 23.5. The van der Waals surface area contributed by atoms with Gasteiger partial charge in [-0.3, -0.25) is 4.79 Å². The summed E-state index contributed by atoms with van der Waals surface area (Å²) in [7, 11) is 0. The summed E-state index contributed by atoms with van der Waals surface area (Å²) in [5, 5.41) is 7.99. The topological polar surface area (TPSA) is 111 Å². The van der Waals surface area contributed by atoms with Crippen molar-refractivity contribution in [2.75, 3.05) is 25.0 Å². The standard InChI is InChI=1S/C28H26ClF3N6O4/c1-27(2,3)42-26(40)37-12-13-41-20(15-37)22-19-9-11-34-24(29)23(19)38(36-22)18-6-4-16(5-7-18)25(39)35-21-14-17(8-10-33-21)28(30,31)32/h4-11,14,20H,12-13,15H2,1-3H3,(H,33,35,39). The van der Waals surface area contributed by atoms with Crippen molar-refractivity contribution in [3.8, 4) is 5.69 Å². The van der Waals surface area contributed by atoms with Gasteiger partial charge in [0, 0.05) is 29.9 Å². The third kappa shape index (κ3) is 6.31. The van der Waals surface area contributed by atoms with Crippen LogP contribution in [0.4, 0.5) is 23.8 Å². The number of morpholine rings is 1. The lowest BCUT2D eigenvalue weighted by Crippen LogP contribution is -2.44. The fourth-order valence-electron chi connectivity index (χ4n) is 4.40. The minimum Gasteiger partial charge on any atom is -0.444 e. The maximum atomic E-state index is 13.0. The number of hydrogen-bond donors (Lipinski definition) is 1. The van der Waals surface area contributed by atoms with Gasteiger partial charge < -0.3 is 19.7 Å². The zero-order valence-electron chi connectivity index (χ0n) is 22.8. The van der Waals surface area contributed by atoms with Crippen LogP contribution in [0.5, 0.6) is 0 Å².